The van der Waals surface area contributed by atoms with E-state index in [2.05, 4.69) is 10.0 Å². The molecule has 0 aliphatic heterocycles. The second-order valence-corrected chi connectivity index (χ2v) is 7.81. The molecule has 6 nitrogen and oxygen atoms in total. The fourth-order valence-electron chi connectivity index (χ4n) is 2.64. The Morgan fingerprint density at radius 2 is 1.62 bits per heavy atom. The third-order valence-electron chi connectivity index (χ3n) is 4.16. The standard InChI is InChI=1S/C21H19FN2O4S/c1-28-20-5-3-2-4-16(20)14-23-21(25)15-6-12-19(13-7-15)29(26,27)24-18-10-8-17(22)9-11-18/h2-13,24H,14H2,1H3,(H,23,25). The van der Waals surface area contributed by atoms with E-state index in [4.69, 9.17) is 4.74 Å². The van der Waals surface area contributed by atoms with Gasteiger partial charge in [0, 0.05) is 23.4 Å². The summed E-state index contributed by atoms with van der Waals surface area (Å²) in [4.78, 5) is 12.3. The molecule has 3 aromatic rings. The highest BCUT2D eigenvalue weighted by atomic mass is 32.2. The van der Waals surface area contributed by atoms with Crippen LogP contribution in [0.4, 0.5) is 10.1 Å². The first-order valence-corrected chi connectivity index (χ1v) is 10.2. The van der Waals surface area contributed by atoms with Crippen LogP contribution in [-0.4, -0.2) is 21.4 Å². The first-order chi connectivity index (χ1) is 13.9. The van der Waals surface area contributed by atoms with E-state index >= 15 is 0 Å². The Morgan fingerprint density at radius 1 is 0.966 bits per heavy atom. The van der Waals surface area contributed by atoms with Gasteiger partial charge in [-0.25, -0.2) is 12.8 Å². The van der Waals surface area contributed by atoms with Crippen LogP contribution in [-0.2, 0) is 16.6 Å². The molecule has 3 aromatic carbocycles. The van der Waals surface area contributed by atoms with Gasteiger partial charge in [0.25, 0.3) is 15.9 Å². The molecule has 0 bridgehead atoms. The van der Waals surface area contributed by atoms with Gasteiger partial charge in [0.2, 0.25) is 0 Å². The van der Waals surface area contributed by atoms with Crippen LogP contribution in [0.15, 0.2) is 77.7 Å². The number of carbonyl (C=O) groups is 1. The van der Waals surface area contributed by atoms with Gasteiger partial charge in [-0.1, -0.05) is 18.2 Å². The number of sulfonamides is 1. The average Bonchev–Trinajstić information content (AvgIpc) is 2.74. The second-order valence-electron chi connectivity index (χ2n) is 6.13. The molecule has 150 valence electrons. The highest BCUT2D eigenvalue weighted by Gasteiger charge is 2.15. The Kier molecular flexibility index (Phi) is 6.13. The highest BCUT2D eigenvalue weighted by molar-refractivity contribution is 7.92. The van der Waals surface area contributed by atoms with E-state index in [0.717, 1.165) is 17.7 Å². The van der Waals surface area contributed by atoms with Crippen molar-refractivity contribution in [3.05, 3.63) is 89.7 Å². The number of halogens is 1. The van der Waals surface area contributed by atoms with Crippen molar-refractivity contribution < 1.29 is 22.3 Å². The normalized spacial score (nSPS) is 11.0. The van der Waals surface area contributed by atoms with Crippen LogP contribution in [0.5, 0.6) is 5.75 Å². The number of hydrogen-bond acceptors (Lipinski definition) is 4. The molecule has 0 aromatic heterocycles. The monoisotopic (exact) mass is 414 g/mol. The van der Waals surface area contributed by atoms with Gasteiger partial charge in [-0.2, -0.15) is 0 Å². The van der Waals surface area contributed by atoms with Crippen LogP contribution in [0.2, 0.25) is 0 Å². The van der Waals surface area contributed by atoms with E-state index in [0.29, 0.717) is 11.3 Å². The molecule has 0 fully saturated rings. The fraction of sp³-hybridized carbons (Fsp3) is 0.0952. The first kappa shape index (κ1) is 20.3. The van der Waals surface area contributed by atoms with Crippen LogP contribution in [0.25, 0.3) is 0 Å². The summed E-state index contributed by atoms with van der Waals surface area (Å²) in [6.07, 6.45) is 0. The van der Waals surface area contributed by atoms with E-state index < -0.39 is 15.8 Å². The van der Waals surface area contributed by atoms with Gasteiger partial charge < -0.3 is 10.1 Å². The first-order valence-electron chi connectivity index (χ1n) is 8.67. The van der Waals surface area contributed by atoms with Crippen molar-refractivity contribution in [2.45, 2.75) is 11.4 Å². The minimum atomic E-state index is -3.85. The Hall–Kier alpha value is -3.39. The topological polar surface area (TPSA) is 84.5 Å². The van der Waals surface area contributed by atoms with Gasteiger partial charge in [0.05, 0.1) is 12.0 Å². The molecule has 1 amide bonds. The van der Waals surface area contributed by atoms with E-state index in [1.54, 1.807) is 13.2 Å². The van der Waals surface area contributed by atoms with E-state index in [9.17, 15) is 17.6 Å². The predicted molar refractivity (Wildman–Crippen MR) is 108 cm³/mol. The number of anilines is 1. The zero-order valence-corrected chi connectivity index (χ0v) is 16.4. The Balaban J connectivity index is 1.67. The van der Waals surface area contributed by atoms with Crippen molar-refractivity contribution in [3.63, 3.8) is 0 Å². The van der Waals surface area contributed by atoms with E-state index in [1.165, 1.54) is 36.4 Å². The largest absolute Gasteiger partial charge is 0.496 e. The fourth-order valence-corrected chi connectivity index (χ4v) is 3.70. The van der Waals surface area contributed by atoms with E-state index in [-0.39, 0.29) is 23.0 Å². The van der Waals surface area contributed by atoms with Crippen LogP contribution in [0.3, 0.4) is 0 Å². The van der Waals surface area contributed by atoms with Gasteiger partial charge in [-0.3, -0.25) is 9.52 Å². The zero-order valence-electron chi connectivity index (χ0n) is 15.6. The minimum Gasteiger partial charge on any atom is -0.496 e. The third kappa shape index (κ3) is 5.11. The Morgan fingerprint density at radius 3 is 2.28 bits per heavy atom. The summed E-state index contributed by atoms with van der Waals surface area (Å²) in [5.74, 6) is -0.135. The SMILES string of the molecule is COc1ccccc1CNC(=O)c1ccc(S(=O)(=O)Nc2ccc(F)cc2)cc1. The van der Waals surface area contributed by atoms with Gasteiger partial charge in [-0.15, -0.1) is 0 Å². The molecule has 0 saturated carbocycles. The highest BCUT2D eigenvalue weighted by Crippen LogP contribution is 2.18. The van der Waals surface area contributed by atoms with Crippen molar-refractivity contribution in [1.82, 2.24) is 5.32 Å². The van der Waals surface area contributed by atoms with Crippen LogP contribution >= 0.6 is 0 Å². The van der Waals surface area contributed by atoms with Crippen LogP contribution in [0, 0.1) is 5.82 Å². The Bertz CT molecular complexity index is 1100. The average molecular weight is 414 g/mol. The van der Waals surface area contributed by atoms with Crippen LogP contribution < -0.4 is 14.8 Å². The molecule has 0 unspecified atom stereocenters. The van der Waals surface area contributed by atoms with Crippen molar-refractivity contribution in [3.8, 4) is 5.75 Å². The number of amides is 1. The van der Waals surface area contributed by atoms with E-state index in [1.807, 2.05) is 18.2 Å². The predicted octanol–water partition coefficient (Wildman–Crippen LogP) is 3.57. The summed E-state index contributed by atoms with van der Waals surface area (Å²) in [7, 11) is -2.30. The van der Waals surface area contributed by atoms with Crippen LogP contribution in [0.1, 0.15) is 15.9 Å². The summed E-state index contributed by atoms with van der Waals surface area (Å²) < 4.78 is 45.4. The molecule has 29 heavy (non-hydrogen) atoms. The summed E-state index contributed by atoms with van der Waals surface area (Å²) >= 11 is 0. The minimum absolute atomic E-state index is 0.0110. The molecule has 2 N–H and O–H groups in total. The molecule has 0 saturated heterocycles. The molecule has 3 rings (SSSR count). The lowest BCUT2D eigenvalue weighted by molar-refractivity contribution is 0.0950. The number of ether oxygens (including phenoxy) is 1. The second kappa shape index (κ2) is 8.74. The zero-order chi connectivity index (χ0) is 20.9. The lowest BCUT2D eigenvalue weighted by atomic mass is 10.2. The molecule has 0 heterocycles. The van der Waals surface area contributed by atoms with Crippen molar-refractivity contribution >= 4 is 21.6 Å². The lowest BCUT2D eigenvalue weighted by Gasteiger charge is -2.11. The maximum Gasteiger partial charge on any atom is 0.261 e. The quantitative estimate of drug-likeness (QED) is 0.619. The van der Waals surface area contributed by atoms with Crippen molar-refractivity contribution in [1.29, 1.82) is 0 Å². The number of benzene rings is 3. The third-order valence-corrected chi connectivity index (χ3v) is 5.55. The summed E-state index contributed by atoms with van der Waals surface area (Å²) in [6.45, 7) is 0.273. The molecule has 8 heteroatoms. The number of methoxy groups -OCH3 is 1. The van der Waals surface area contributed by atoms with Gasteiger partial charge in [0.15, 0.2) is 0 Å². The Labute approximate surface area is 168 Å². The molecule has 0 radical (unpaired) electrons. The number of nitrogens with one attached hydrogen (secondary N) is 2. The lowest BCUT2D eigenvalue weighted by Crippen LogP contribution is -2.23. The maximum atomic E-state index is 13.0. The van der Waals surface area contributed by atoms with Crippen molar-refractivity contribution in [2.24, 2.45) is 0 Å². The molecule has 0 aliphatic rings. The molecule has 0 atom stereocenters. The van der Waals surface area contributed by atoms with Crippen molar-refractivity contribution in [2.75, 3.05) is 11.8 Å². The van der Waals surface area contributed by atoms with Gasteiger partial charge in [0.1, 0.15) is 11.6 Å². The number of para-hydroxylation sites is 1. The summed E-state index contributed by atoms with van der Waals surface area (Å²) in [5, 5.41) is 2.77. The smallest absolute Gasteiger partial charge is 0.261 e. The molecule has 0 aliphatic carbocycles. The van der Waals surface area contributed by atoms with Gasteiger partial charge >= 0.3 is 0 Å². The molecular weight excluding hydrogens is 395 g/mol. The summed E-state index contributed by atoms with van der Waals surface area (Å²) in [6, 6.07) is 17.8. The maximum absolute atomic E-state index is 13.0. The molecular formula is C21H19FN2O4S. The number of hydrogen-bond donors (Lipinski definition) is 2. The molecule has 0 spiro atoms. The number of carbonyl (C=O) groups excluding carboxylic acids is 1. The summed E-state index contributed by atoms with van der Waals surface area (Å²) in [5.41, 5.74) is 1.39. The van der Waals surface area contributed by atoms with Gasteiger partial charge in [-0.05, 0) is 54.6 Å². The number of rotatable bonds is 7.